The van der Waals surface area contributed by atoms with E-state index in [2.05, 4.69) is 15.6 Å². The number of fused-ring (bicyclic) bond motifs is 1. The van der Waals surface area contributed by atoms with Crippen molar-refractivity contribution in [3.63, 3.8) is 0 Å². The Labute approximate surface area is 179 Å². The lowest BCUT2D eigenvalue weighted by molar-refractivity contribution is -0.117. The van der Waals surface area contributed by atoms with Gasteiger partial charge in [0.1, 0.15) is 17.5 Å². The van der Waals surface area contributed by atoms with Crippen molar-refractivity contribution in [2.75, 3.05) is 5.32 Å². The number of carbonyl (C=O) groups excluding carboxylic acids is 2. The summed E-state index contributed by atoms with van der Waals surface area (Å²) in [5.41, 5.74) is 7.76. The van der Waals surface area contributed by atoms with Crippen LogP contribution in [0.2, 0.25) is 0 Å². The smallest absolute Gasteiger partial charge is 0.312 e. The number of primary amides is 1. The van der Waals surface area contributed by atoms with Gasteiger partial charge in [-0.05, 0) is 48.0 Å². The summed E-state index contributed by atoms with van der Waals surface area (Å²) in [5.74, 6) is 1.01. The monoisotopic (exact) mass is 414 g/mol. The molecule has 156 valence electrons. The predicted octanol–water partition coefficient (Wildman–Crippen LogP) is 4.18. The predicted molar refractivity (Wildman–Crippen MR) is 120 cm³/mol. The van der Waals surface area contributed by atoms with Crippen LogP contribution in [0.3, 0.4) is 0 Å². The van der Waals surface area contributed by atoms with Gasteiger partial charge in [-0.15, -0.1) is 0 Å². The molecular formula is C24H22N4O3. The zero-order chi connectivity index (χ0) is 21.6. The first kappa shape index (κ1) is 20.0. The van der Waals surface area contributed by atoms with Crippen molar-refractivity contribution in [1.82, 2.24) is 10.3 Å². The minimum absolute atomic E-state index is 0.300. The Morgan fingerprint density at radius 1 is 0.903 bits per heavy atom. The summed E-state index contributed by atoms with van der Waals surface area (Å²) in [6.45, 7) is 0. The van der Waals surface area contributed by atoms with Crippen molar-refractivity contribution < 1.29 is 14.3 Å². The van der Waals surface area contributed by atoms with Crippen LogP contribution in [0.15, 0.2) is 85.1 Å². The molecule has 1 aromatic heterocycles. The molecule has 0 bridgehead atoms. The van der Waals surface area contributed by atoms with Gasteiger partial charge < -0.3 is 26.1 Å². The molecule has 0 fully saturated rings. The normalized spacial score (nSPS) is 11.6. The number of amides is 3. The molecule has 1 atom stereocenters. The molecule has 5 N–H and O–H groups in total. The van der Waals surface area contributed by atoms with E-state index in [1.807, 2.05) is 60.8 Å². The van der Waals surface area contributed by atoms with E-state index in [1.165, 1.54) is 0 Å². The number of aromatic nitrogens is 1. The Hall–Kier alpha value is -4.26. The van der Waals surface area contributed by atoms with Gasteiger partial charge in [0.05, 0.1) is 0 Å². The fourth-order valence-electron chi connectivity index (χ4n) is 3.36. The van der Waals surface area contributed by atoms with Crippen LogP contribution in [0, 0.1) is 0 Å². The second-order valence-corrected chi connectivity index (χ2v) is 7.05. The molecule has 0 aliphatic rings. The number of rotatable bonds is 7. The fourth-order valence-corrected chi connectivity index (χ4v) is 3.36. The molecule has 3 aromatic carbocycles. The van der Waals surface area contributed by atoms with E-state index in [4.69, 9.17) is 10.5 Å². The van der Waals surface area contributed by atoms with Gasteiger partial charge in [-0.3, -0.25) is 4.79 Å². The van der Waals surface area contributed by atoms with E-state index in [0.29, 0.717) is 17.9 Å². The Morgan fingerprint density at radius 2 is 1.58 bits per heavy atom. The van der Waals surface area contributed by atoms with Gasteiger partial charge in [0, 0.05) is 29.2 Å². The summed E-state index contributed by atoms with van der Waals surface area (Å²) >= 11 is 0. The van der Waals surface area contributed by atoms with Crippen LogP contribution in [0.1, 0.15) is 5.56 Å². The molecule has 1 heterocycles. The molecule has 0 aliphatic carbocycles. The number of hydrogen-bond acceptors (Lipinski definition) is 3. The maximum absolute atomic E-state index is 12.9. The number of ether oxygens (including phenoxy) is 1. The maximum atomic E-state index is 12.9. The van der Waals surface area contributed by atoms with Gasteiger partial charge in [0.25, 0.3) is 0 Å². The molecule has 0 unspecified atom stereocenters. The number of anilines is 1. The van der Waals surface area contributed by atoms with E-state index in [1.54, 1.807) is 24.3 Å². The van der Waals surface area contributed by atoms with Gasteiger partial charge in [-0.25, -0.2) is 4.79 Å². The van der Waals surface area contributed by atoms with Crippen LogP contribution in [-0.2, 0) is 11.2 Å². The number of nitrogens with two attached hydrogens (primary N) is 1. The lowest BCUT2D eigenvalue weighted by atomic mass is 10.0. The summed E-state index contributed by atoms with van der Waals surface area (Å²) in [7, 11) is 0. The van der Waals surface area contributed by atoms with Gasteiger partial charge >= 0.3 is 6.03 Å². The molecule has 0 saturated carbocycles. The third kappa shape index (κ3) is 5.02. The van der Waals surface area contributed by atoms with Crippen molar-refractivity contribution in [3.05, 3.63) is 90.6 Å². The third-order valence-electron chi connectivity index (χ3n) is 4.83. The topological polar surface area (TPSA) is 109 Å². The lowest BCUT2D eigenvalue weighted by Gasteiger charge is -2.17. The van der Waals surface area contributed by atoms with Crippen LogP contribution < -0.4 is 21.1 Å². The Balaban J connectivity index is 1.45. The van der Waals surface area contributed by atoms with Crippen LogP contribution in [0.25, 0.3) is 10.9 Å². The molecule has 0 radical (unpaired) electrons. The Bertz CT molecular complexity index is 1190. The zero-order valence-corrected chi connectivity index (χ0v) is 16.7. The number of urea groups is 1. The molecule has 3 amide bonds. The van der Waals surface area contributed by atoms with Crippen molar-refractivity contribution in [1.29, 1.82) is 0 Å². The maximum Gasteiger partial charge on any atom is 0.312 e. The van der Waals surface area contributed by atoms with Crippen molar-refractivity contribution in [2.45, 2.75) is 12.5 Å². The summed E-state index contributed by atoms with van der Waals surface area (Å²) < 4.78 is 5.76. The number of benzene rings is 3. The van der Waals surface area contributed by atoms with Crippen LogP contribution >= 0.6 is 0 Å². The van der Waals surface area contributed by atoms with Crippen molar-refractivity contribution in [3.8, 4) is 11.5 Å². The van der Waals surface area contributed by atoms with Gasteiger partial charge in [-0.1, -0.05) is 36.4 Å². The first-order valence-electron chi connectivity index (χ1n) is 9.83. The van der Waals surface area contributed by atoms with E-state index < -0.39 is 12.1 Å². The SMILES string of the molecule is NC(=O)N[C@@H](Cc1c[nH]c2ccccc12)C(=O)Nc1ccc(Oc2ccccc2)cc1. The summed E-state index contributed by atoms with van der Waals surface area (Å²) in [4.78, 5) is 27.5. The first-order valence-corrected chi connectivity index (χ1v) is 9.83. The molecule has 0 saturated heterocycles. The number of aromatic amines is 1. The third-order valence-corrected chi connectivity index (χ3v) is 4.83. The molecule has 0 aliphatic heterocycles. The van der Waals surface area contributed by atoms with E-state index in [0.717, 1.165) is 22.2 Å². The second-order valence-electron chi connectivity index (χ2n) is 7.05. The highest BCUT2D eigenvalue weighted by atomic mass is 16.5. The van der Waals surface area contributed by atoms with E-state index >= 15 is 0 Å². The van der Waals surface area contributed by atoms with Crippen molar-refractivity contribution in [2.24, 2.45) is 5.73 Å². The number of hydrogen-bond donors (Lipinski definition) is 4. The average Bonchev–Trinajstić information content (AvgIpc) is 3.18. The van der Waals surface area contributed by atoms with Crippen LogP contribution in [-0.4, -0.2) is 23.0 Å². The first-order chi connectivity index (χ1) is 15.1. The molecule has 7 heteroatoms. The van der Waals surface area contributed by atoms with Gasteiger partial charge in [-0.2, -0.15) is 0 Å². The number of para-hydroxylation sites is 2. The standard InChI is InChI=1S/C24H22N4O3/c25-24(30)28-22(14-16-15-26-21-9-5-4-8-20(16)21)23(29)27-17-10-12-19(13-11-17)31-18-6-2-1-3-7-18/h1-13,15,22,26H,14H2,(H,27,29)(H3,25,28,30)/t22-/m0/s1. The minimum atomic E-state index is -0.822. The Morgan fingerprint density at radius 3 is 2.32 bits per heavy atom. The number of H-pyrrole nitrogens is 1. The molecule has 4 rings (SSSR count). The minimum Gasteiger partial charge on any atom is -0.457 e. The van der Waals surface area contributed by atoms with Crippen LogP contribution in [0.5, 0.6) is 11.5 Å². The number of nitrogens with one attached hydrogen (secondary N) is 3. The molecule has 7 nitrogen and oxygen atoms in total. The summed E-state index contributed by atoms with van der Waals surface area (Å²) in [6.07, 6.45) is 2.14. The Kier molecular flexibility index (Phi) is 5.84. The summed E-state index contributed by atoms with van der Waals surface area (Å²) in [5, 5.41) is 6.35. The highest BCUT2D eigenvalue weighted by molar-refractivity contribution is 5.97. The average molecular weight is 414 g/mol. The fraction of sp³-hybridized carbons (Fsp3) is 0.0833. The molecule has 31 heavy (non-hydrogen) atoms. The largest absolute Gasteiger partial charge is 0.457 e. The lowest BCUT2D eigenvalue weighted by Crippen LogP contribution is -2.47. The van der Waals surface area contributed by atoms with Gasteiger partial charge in [0.15, 0.2) is 0 Å². The van der Waals surface area contributed by atoms with E-state index in [9.17, 15) is 9.59 Å². The van der Waals surface area contributed by atoms with E-state index in [-0.39, 0.29) is 5.91 Å². The number of carbonyl (C=O) groups is 2. The quantitative estimate of drug-likeness (QED) is 0.364. The highest BCUT2D eigenvalue weighted by Crippen LogP contribution is 2.23. The molecule has 0 spiro atoms. The van der Waals surface area contributed by atoms with Crippen molar-refractivity contribution >= 4 is 28.5 Å². The highest BCUT2D eigenvalue weighted by Gasteiger charge is 2.22. The zero-order valence-electron chi connectivity index (χ0n) is 16.7. The molecule has 4 aromatic rings. The summed E-state index contributed by atoms with van der Waals surface area (Å²) in [6, 6.07) is 22.6. The molecular weight excluding hydrogens is 392 g/mol. The van der Waals surface area contributed by atoms with Gasteiger partial charge in [0.2, 0.25) is 5.91 Å². The second kappa shape index (κ2) is 9.04. The van der Waals surface area contributed by atoms with Crippen LogP contribution in [0.4, 0.5) is 10.5 Å².